The Labute approximate surface area is 76.5 Å². The van der Waals surface area contributed by atoms with Crippen LogP contribution in [0.15, 0.2) is 10.6 Å². The van der Waals surface area contributed by atoms with Gasteiger partial charge in [0.25, 0.3) is 5.91 Å². The van der Waals surface area contributed by atoms with Gasteiger partial charge >= 0.3 is 0 Å². The fourth-order valence-electron chi connectivity index (χ4n) is 0.861. The third-order valence-electron chi connectivity index (χ3n) is 1.51. The maximum Gasteiger partial charge on any atom is 0.292 e. The average molecular weight is 178 g/mol. The lowest BCUT2D eigenvalue weighted by atomic mass is 10.3. The molecule has 0 fully saturated rings. The lowest BCUT2D eigenvalue weighted by molar-refractivity contribution is 0.0771. The van der Waals surface area contributed by atoms with Crippen LogP contribution in [-0.2, 0) is 0 Å². The van der Waals surface area contributed by atoms with Crippen LogP contribution in [0.4, 0.5) is 0 Å². The minimum absolute atomic E-state index is 0.218. The van der Waals surface area contributed by atoms with Gasteiger partial charge in [-0.15, -0.1) is 6.42 Å². The number of carbonyl (C=O) groups is 1. The van der Waals surface area contributed by atoms with Gasteiger partial charge < -0.3 is 9.42 Å². The average Bonchev–Trinajstić information content (AvgIpc) is 2.51. The first-order chi connectivity index (χ1) is 6.15. The van der Waals surface area contributed by atoms with E-state index >= 15 is 0 Å². The highest BCUT2D eigenvalue weighted by Gasteiger charge is 2.15. The molecule has 1 aromatic heterocycles. The van der Waals surface area contributed by atoms with Crippen LogP contribution in [0.25, 0.3) is 0 Å². The molecule has 0 spiro atoms. The second-order valence-corrected chi connectivity index (χ2v) is 2.70. The van der Waals surface area contributed by atoms with Crippen LogP contribution in [0.1, 0.15) is 16.2 Å². The van der Waals surface area contributed by atoms with Crippen molar-refractivity contribution in [1.82, 2.24) is 10.1 Å². The van der Waals surface area contributed by atoms with Crippen LogP contribution in [0, 0.1) is 19.3 Å². The predicted octanol–water partition coefficient (Wildman–Crippen LogP) is 0.688. The zero-order chi connectivity index (χ0) is 9.84. The first-order valence-corrected chi connectivity index (χ1v) is 3.77. The van der Waals surface area contributed by atoms with Gasteiger partial charge in [0.1, 0.15) is 0 Å². The number of terminal acetylenes is 1. The summed E-state index contributed by atoms with van der Waals surface area (Å²) in [6.07, 6.45) is 5.06. The van der Waals surface area contributed by atoms with E-state index in [1.165, 1.54) is 4.90 Å². The van der Waals surface area contributed by atoms with E-state index in [2.05, 4.69) is 11.1 Å². The molecular formula is C9H10N2O2. The van der Waals surface area contributed by atoms with Crippen LogP contribution in [-0.4, -0.2) is 29.6 Å². The van der Waals surface area contributed by atoms with Gasteiger partial charge in [-0.05, 0) is 6.92 Å². The number of carbonyl (C=O) groups excluding carboxylic acids is 1. The van der Waals surface area contributed by atoms with E-state index in [4.69, 9.17) is 10.9 Å². The minimum Gasteiger partial charge on any atom is -0.351 e. The first kappa shape index (κ1) is 9.33. The number of aryl methyl sites for hydroxylation is 1. The highest BCUT2D eigenvalue weighted by atomic mass is 16.5. The molecule has 1 aromatic rings. The Hall–Kier alpha value is -1.76. The maximum atomic E-state index is 11.4. The zero-order valence-corrected chi connectivity index (χ0v) is 7.57. The van der Waals surface area contributed by atoms with Crippen molar-refractivity contribution in [1.29, 1.82) is 0 Å². The second-order valence-electron chi connectivity index (χ2n) is 2.70. The lowest BCUT2D eigenvalue weighted by Gasteiger charge is -2.10. The molecule has 0 aliphatic carbocycles. The standard InChI is InChI=1S/C9H10N2O2/c1-4-5-11(3)9(12)8-6-7(2)10-13-8/h1,6H,5H2,2-3H3. The molecule has 0 radical (unpaired) electrons. The third-order valence-corrected chi connectivity index (χ3v) is 1.51. The summed E-state index contributed by atoms with van der Waals surface area (Å²) in [5, 5.41) is 3.61. The molecule has 1 heterocycles. The van der Waals surface area contributed by atoms with Crippen LogP contribution in [0.5, 0.6) is 0 Å². The summed E-state index contributed by atoms with van der Waals surface area (Å²) in [5.74, 6) is 2.33. The Kier molecular flexibility index (Phi) is 2.70. The monoisotopic (exact) mass is 178 g/mol. The van der Waals surface area contributed by atoms with Crippen molar-refractivity contribution in [2.45, 2.75) is 6.92 Å². The minimum atomic E-state index is -0.251. The number of hydrogen-bond donors (Lipinski definition) is 0. The van der Waals surface area contributed by atoms with Crippen molar-refractivity contribution in [2.75, 3.05) is 13.6 Å². The van der Waals surface area contributed by atoms with E-state index in [1.54, 1.807) is 20.0 Å². The molecule has 0 unspecified atom stereocenters. The second kappa shape index (κ2) is 3.76. The van der Waals surface area contributed by atoms with Crippen molar-refractivity contribution in [3.8, 4) is 12.3 Å². The van der Waals surface area contributed by atoms with E-state index in [0.29, 0.717) is 5.69 Å². The van der Waals surface area contributed by atoms with Gasteiger partial charge in [-0.3, -0.25) is 4.79 Å². The van der Waals surface area contributed by atoms with E-state index in [9.17, 15) is 4.79 Å². The molecule has 0 saturated heterocycles. The molecule has 0 saturated carbocycles. The maximum absolute atomic E-state index is 11.4. The molecule has 13 heavy (non-hydrogen) atoms. The van der Waals surface area contributed by atoms with Crippen LogP contribution < -0.4 is 0 Å². The molecule has 0 aromatic carbocycles. The van der Waals surface area contributed by atoms with E-state index in [-0.39, 0.29) is 18.2 Å². The summed E-state index contributed by atoms with van der Waals surface area (Å²) >= 11 is 0. The van der Waals surface area contributed by atoms with Gasteiger partial charge in [-0.2, -0.15) is 0 Å². The molecule has 0 bridgehead atoms. The number of rotatable bonds is 2. The highest BCUT2D eigenvalue weighted by Crippen LogP contribution is 2.04. The molecule has 0 aliphatic heterocycles. The molecule has 4 nitrogen and oxygen atoms in total. The topological polar surface area (TPSA) is 46.3 Å². The first-order valence-electron chi connectivity index (χ1n) is 3.77. The molecule has 0 atom stereocenters. The smallest absolute Gasteiger partial charge is 0.292 e. The van der Waals surface area contributed by atoms with Crippen molar-refractivity contribution in [3.63, 3.8) is 0 Å². The Morgan fingerprint density at radius 2 is 2.54 bits per heavy atom. The molecule has 1 rings (SSSR count). The van der Waals surface area contributed by atoms with Crippen LogP contribution in [0.2, 0.25) is 0 Å². The third kappa shape index (κ3) is 2.09. The molecule has 1 amide bonds. The normalized spacial score (nSPS) is 9.31. The number of aromatic nitrogens is 1. The highest BCUT2D eigenvalue weighted by molar-refractivity contribution is 5.91. The van der Waals surface area contributed by atoms with Crippen LogP contribution >= 0.6 is 0 Å². The van der Waals surface area contributed by atoms with Gasteiger partial charge in [0.2, 0.25) is 5.76 Å². The van der Waals surface area contributed by atoms with Crippen molar-refractivity contribution < 1.29 is 9.32 Å². The predicted molar refractivity (Wildman–Crippen MR) is 47.0 cm³/mol. The SMILES string of the molecule is C#CCN(C)C(=O)c1cc(C)no1. The Morgan fingerprint density at radius 1 is 1.85 bits per heavy atom. The summed E-state index contributed by atoms with van der Waals surface area (Å²) in [4.78, 5) is 12.8. The largest absolute Gasteiger partial charge is 0.351 e. The van der Waals surface area contributed by atoms with E-state index < -0.39 is 0 Å². The van der Waals surface area contributed by atoms with Crippen molar-refractivity contribution in [2.24, 2.45) is 0 Å². The molecule has 68 valence electrons. The zero-order valence-electron chi connectivity index (χ0n) is 7.57. The Morgan fingerprint density at radius 3 is 3.00 bits per heavy atom. The van der Waals surface area contributed by atoms with Crippen molar-refractivity contribution >= 4 is 5.91 Å². The van der Waals surface area contributed by atoms with Gasteiger partial charge in [-0.25, -0.2) is 0 Å². The molecule has 4 heteroatoms. The summed E-state index contributed by atoms with van der Waals surface area (Å²) in [5.41, 5.74) is 0.678. The van der Waals surface area contributed by atoms with Gasteiger partial charge in [0.15, 0.2) is 0 Å². The molecule has 0 N–H and O–H groups in total. The van der Waals surface area contributed by atoms with E-state index in [1.807, 2.05) is 0 Å². The Bertz CT molecular complexity index is 349. The summed E-state index contributed by atoms with van der Waals surface area (Å²) in [6, 6.07) is 1.58. The number of nitrogens with zero attached hydrogens (tertiary/aromatic N) is 2. The lowest BCUT2D eigenvalue weighted by Crippen LogP contribution is -2.26. The van der Waals surface area contributed by atoms with Gasteiger partial charge in [0, 0.05) is 13.1 Å². The summed E-state index contributed by atoms with van der Waals surface area (Å²) in [6.45, 7) is 2.01. The Balaban J connectivity index is 2.74. The van der Waals surface area contributed by atoms with Crippen LogP contribution in [0.3, 0.4) is 0 Å². The number of amides is 1. The van der Waals surface area contributed by atoms with E-state index in [0.717, 1.165) is 0 Å². The fourth-order valence-corrected chi connectivity index (χ4v) is 0.861. The summed E-state index contributed by atoms with van der Waals surface area (Å²) in [7, 11) is 1.61. The number of hydrogen-bond acceptors (Lipinski definition) is 3. The summed E-state index contributed by atoms with van der Waals surface area (Å²) < 4.78 is 4.78. The van der Waals surface area contributed by atoms with Gasteiger partial charge in [0.05, 0.1) is 12.2 Å². The fraction of sp³-hybridized carbons (Fsp3) is 0.333. The molecular weight excluding hydrogens is 168 g/mol. The van der Waals surface area contributed by atoms with Crippen molar-refractivity contribution in [3.05, 3.63) is 17.5 Å². The van der Waals surface area contributed by atoms with Gasteiger partial charge in [-0.1, -0.05) is 11.1 Å². The quantitative estimate of drug-likeness (QED) is 0.626. The molecule has 0 aliphatic rings.